The van der Waals surface area contributed by atoms with Crippen LogP contribution in [0.1, 0.15) is 18.9 Å². The summed E-state index contributed by atoms with van der Waals surface area (Å²) in [4.78, 5) is 2.46. The SMILES string of the molecule is CC1CN(Cc2ccc(Cl)c(Br)c2)CCC1N. The second-order valence-electron chi connectivity index (χ2n) is 4.91. The van der Waals surface area contributed by atoms with Gasteiger partial charge in [-0.1, -0.05) is 24.6 Å². The number of hydrogen-bond acceptors (Lipinski definition) is 2. The fourth-order valence-corrected chi connectivity index (χ4v) is 2.83. The highest BCUT2D eigenvalue weighted by Crippen LogP contribution is 2.25. The van der Waals surface area contributed by atoms with Crippen LogP contribution >= 0.6 is 27.5 Å². The van der Waals surface area contributed by atoms with Crippen LogP contribution < -0.4 is 5.73 Å². The van der Waals surface area contributed by atoms with Crippen LogP contribution in [-0.4, -0.2) is 24.0 Å². The Morgan fingerprint density at radius 2 is 2.29 bits per heavy atom. The smallest absolute Gasteiger partial charge is 0.0548 e. The Morgan fingerprint density at radius 1 is 1.53 bits per heavy atom. The summed E-state index contributed by atoms with van der Waals surface area (Å²) in [5, 5.41) is 0.766. The summed E-state index contributed by atoms with van der Waals surface area (Å²) in [6, 6.07) is 6.50. The number of nitrogens with two attached hydrogens (primary N) is 1. The molecule has 2 nitrogen and oxygen atoms in total. The summed E-state index contributed by atoms with van der Waals surface area (Å²) in [5.41, 5.74) is 7.32. The van der Waals surface area contributed by atoms with Crippen molar-refractivity contribution in [3.63, 3.8) is 0 Å². The zero-order valence-corrected chi connectivity index (χ0v) is 12.3. The highest BCUT2D eigenvalue weighted by Gasteiger charge is 2.22. The van der Waals surface area contributed by atoms with E-state index in [-0.39, 0.29) is 0 Å². The van der Waals surface area contributed by atoms with Gasteiger partial charge < -0.3 is 5.73 Å². The van der Waals surface area contributed by atoms with Gasteiger partial charge in [0.25, 0.3) is 0 Å². The fraction of sp³-hybridized carbons (Fsp3) is 0.538. The second kappa shape index (κ2) is 5.70. The predicted molar refractivity (Wildman–Crippen MR) is 76.2 cm³/mol. The van der Waals surface area contributed by atoms with E-state index in [1.807, 2.05) is 6.07 Å². The van der Waals surface area contributed by atoms with Crippen LogP contribution in [0.2, 0.25) is 5.02 Å². The molecule has 94 valence electrons. The van der Waals surface area contributed by atoms with Gasteiger partial charge in [-0.05, 0) is 52.5 Å². The normalized spacial score (nSPS) is 26.1. The minimum absolute atomic E-state index is 0.364. The molecule has 1 aromatic carbocycles. The first-order chi connectivity index (χ1) is 8.06. The molecule has 0 bridgehead atoms. The van der Waals surface area contributed by atoms with Crippen LogP contribution in [0.5, 0.6) is 0 Å². The van der Waals surface area contributed by atoms with Gasteiger partial charge in [-0.25, -0.2) is 0 Å². The van der Waals surface area contributed by atoms with E-state index in [0.717, 1.165) is 35.6 Å². The van der Waals surface area contributed by atoms with Crippen molar-refractivity contribution in [3.05, 3.63) is 33.3 Å². The number of halogens is 2. The molecule has 2 atom stereocenters. The van der Waals surface area contributed by atoms with Crippen molar-refractivity contribution < 1.29 is 0 Å². The van der Waals surface area contributed by atoms with Gasteiger partial charge >= 0.3 is 0 Å². The first-order valence-corrected chi connectivity index (χ1v) is 7.15. The summed E-state index contributed by atoms with van der Waals surface area (Å²) in [7, 11) is 0. The first kappa shape index (κ1) is 13.3. The zero-order chi connectivity index (χ0) is 12.4. The first-order valence-electron chi connectivity index (χ1n) is 5.98. The maximum atomic E-state index is 6.03. The third-order valence-electron chi connectivity index (χ3n) is 3.45. The summed E-state index contributed by atoms with van der Waals surface area (Å²) in [6.45, 7) is 5.38. The van der Waals surface area contributed by atoms with Crippen LogP contribution in [0, 0.1) is 5.92 Å². The van der Waals surface area contributed by atoms with Gasteiger partial charge in [0.15, 0.2) is 0 Å². The number of likely N-dealkylation sites (tertiary alicyclic amines) is 1. The topological polar surface area (TPSA) is 29.3 Å². The molecule has 0 aliphatic carbocycles. The lowest BCUT2D eigenvalue weighted by molar-refractivity contribution is 0.158. The molecule has 0 spiro atoms. The molecule has 0 aromatic heterocycles. The van der Waals surface area contributed by atoms with Crippen LogP contribution in [0.25, 0.3) is 0 Å². The number of piperidine rings is 1. The quantitative estimate of drug-likeness (QED) is 0.907. The maximum Gasteiger partial charge on any atom is 0.0548 e. The van der Waals surface area contributed by atoms with Crippen molar-refractivity contribution in [2.45, 2.75) is 25.9 Å². The van der Waals surface area contributed by atoms with E-state index >= 15 is 0 Å². The standard InChI is InChI=1S/C13H18BrClN2/c1-9-7-17(5-4-13(9)16)8-10-2-3-12(15)11(14)6-10/h2-3,6,9,13H,4-5,7-8,16H2,1H3. The van der Waals surface area contributed by atoms with Crippen LogP contribution in [0.15, 0.2) is 22.7 Å². The van der Waals surface area contributed by atoms with Crippen molar-refractivity contribution in [1.82, 2.24) is 4.90 Å². The summed E-state index contributed by atoms with van der Waals surface area (Å²) >= 11 is 9.45. The molecule has 1 aliphatic heterocycles. The summed E-state index contributed by atoms with van der Waals surface area (Å²) in [5.74, 6) is 0.583. The molecule has 1 aliphatic rings. The molecular weight excluding hydrogens is 300 g/mol. The van der Waals surface area contributed by atoms with Gasteiger partial charge in [0.1, 0.15) is 0 Å². The molecule has 17 heavy (non-hydrogen) atoms. The Bertz CT molecular complexity index is 397. The fourth-order valence-electron chi connectivity index (χ4n) is 2.29. The average Bonchev–Trinajstić information content (AvgIpc) is 2.29. The Hall–Kier alpha value is -0.0900. The van der Waals surface area contributed by atoms with Crippen molar-refractivity contribution in [3.8, 4) is 0 Å². The van der Waals surface area contributed by atoms with E-state index in [2.05, 4.69) is 39.9 Å². The molecule has 1 fully saturated rings. The third-order valence-corrected chi connectivity index (χ3v) is 4.66. The molecule has 2 unspecified atom stereocenters. The van der Waals surface area contributed by atoms with Gasteiger partial charge in [-0.3, -0.25) is 4.90 Å². The Balaban J connectivity index is 1.99. The van der Waals surface area contributed by atoms with E-state index in [4.69, 9.17) is 17.3 Å². The maximum absolute atomic E-state index is 6.03. The second-order valence-corrected chi connectivity index (χ2v) is 6.17. The Morgan fingerprint density at radius 3 is 2.94 bits per heavy atom. The monoisotopic (exact) mass is 316 g/mol. The lowest BCUT2D eigenvalue weighted by atomic mass is 9.94. The molecule has 0 amide bonds. The van der Waals surface area contributed by atoms with Crippen LogP contribution in [0.4, 0.5) is 0 Å². The Labute approximate surface area is 116 Å². The number of rotatable bonds is 2. The molecule has 2 N–H and O–H groups in total. The van der Waals surface area contributed by atoms with Crippen LogP contribution in [-0.2, 0) is 6.54 Å². The summed E-state index contributed by atoms with van der Waals surface area (Å²) < 4.78 is 0.971. The van der Waals surface area contributed by atoms with Gasteiger partial charge in [-0.15, -0.1) is 0 Å². The zero-order valence-electron chi connectivity index (χ0n) is 10.00. The third kappa shape index (κ3) is 3.44. The molecule has 0 radical (unpaired) electrons. The molecule has 1 saturated heterocycles. The molecule has 4 heteroatoms. The predicted octanol–water partition coefficient (Wildman–Crippen LogP) is 3.27. The van der Waals surface area contributed by atoms with Gasteiger partial charge in [0, 0.05) is 23.6 Å². The van der Waals surface area contributed by atoms with Crippen molar-refractivity contribution >= 4 is 27.5 Å². The highest BCUT2D eigenvalue weighted by molar-refractivity contribution is 9.10. The van der Waals surface area contributed by atoms with E-state index < -0.39 is 0 Å². The van der Waals surface area contributed by atoms with Crippen molar-refractivity contribution in [2.75, 3.05) is 13.1 Å². The molecule has 2 rings (SSSR count). The summed E-state index contributed by atoms with van der Waals surface area (Å²) in [6.07, 6.45) is 1.09. The van der Waals surface area contributed by atoms with E-state index in [9.17, 15) is 0 Å². The van der Waals surface area contributed by atoms with Crippen molar-refractivity contribution in [2.24, 2.45) is 11.7 Å². The van der Waals surface area contributed by atoms with Crippen LogP contribution in [0.3, 0.4) is 0 Å². The van der Waals surface area contributed by atoms with Gasteiger partial charge in [-0.2, -0.15) is 0 Å². The largest absolute Gasteiger partial charge is 0.327 e. The van der Waals surface area contributed by atoms with E-state index in [1.165, 1.54) is 5.56 Å². The minimum Gasteiger partial charge on any atom is -0.327 e. The van der Waals surface area contributed by atoms with E-state index in [0.29, 0.717) is 12.0 Å². The molecule has 1 aromatic rings. The van der Waals surface area contributed by atoms with Gasteiger partial charge in [0.2, 0.25) is 0 Å². The number of nitrogens with zero attached hydrogens (tertiary/aromatic N) is 1. The number of benzene rings is 1. The molecule has 1 heterocycles. The number of hydrogen-bond donors (Lipinski definition) is 1. The minimum atomic E-state index is 0.364. The lowest BCUT2D eigenvalue weighted by Crippen LogP contribution is -2.45. The van der Waals surface area contributed by atoms with Crippen molar-refractivity contribution in [1.29, 1.82) is 0 Å². The van der Waals surface area contributed by atoms with E-state index in [1.54, 1.807) is 0 Å². The average molecular weight is 318 g/mol. The molecular formula is C13H18BrClN2. The van der Waals surface area contributed by atoms with Gasteiger partial charge in [0.05, 0.1) is 5.02 Å². The highest BCUT2D eigenvalue weighted by atomic mass is 79.9. The lowest BCUT2D eigenvalue weighted by Gasteiger charge is -2.35. The molecule has 0 saturated carbocycles. The Kier molecular flexibility index (Phi) is 4.47.